The molecule has 14 nitrogen and oxygen atoms in total. The summed E-state index contributed by atoms with van der Waals surface area (Å²) in [6.45, 7) is 3.64. The molecule has 0 aromatic heterocycles. The molecule has 3 N–H and O–H groups in total. The summed E-state index contributed by atoms with van der Waals surface area (Å²) < 4.78 is 33.0. The number of nitrogens with zero attached hydrogens (tertiary/aromatic N) is 3. The molecule has 0 aromatic rings. The fourth-order valence-corrected chi connectivity index (χ4v) is 4.76. The van der Waals surface area contributed by atoms with Crippen LogP contribution in [0.5, 0.6) is 0 Å². The molecule has 2 saturated heterocycles. The van der Waals surface area contributed by atoms with E-state index in [1.165, 1.54) is 11.2 Å². The minimum Gasteiger partial charge on any atom is -0.454 e. The minimum atomic E-state index is -4.35. The molecular weight excluding hydrogens is 449 g/mol. The Morgan fingerprint density at radius 3 is 2.78 bits per heavy atom. The number of aliphatic imine (C=N–C) groups is 2. The van der Waals surface area contributed by atoms with Crippen LogP contribution < -0.4 is 10.6 Å². The molecule has 2 fully saturated rings. The monoisotopic (exact) mass is 473 g/mol. The van der Waals surface area contributed by atoms with Gasteiger partial charge < -0.3 is 19.3 Å². The van der Waals surface area contributed by atoms with Crippen LogP contribution in [0, 0.1) is 0 Å². The quantitative estimate of drug-likeness (QED) is 0.331. The smallest absolute Gasteiger partial charge is 0.454 e. The lowest BCUT2D eigenvalue weighted by Gasteiger charge is -2.34. The lowest BCUT2D eigenvalue weighted by molar-refractivity contribution is -0.164. The van der Waals surface area contributed by atoms with Gasteiger partial charge in [-0.3, -0.25) is 39.1 Å². The zero-order chi connectivity index (χ0) is 23.0. The first-order valence-corrected chi connectivity index (χ1v) is 11.8. The van der Waals surface area contributed by atoms with E-state index in [9.17, 15) is 23.8 Å². The van der Waals surface area contributed by atoms with Gasteiger partial charge in [0.05, 0.1) is 6.34 Å². The summed E-state index contributed by atoms with van der Waals surface area (Å²) in [6, 6.07) is -0.927. The molecule has 0 aliphatic carbocycles. The van der Waals surface area contributed by atoms with Crippen molar-refractivity contribution in [2.24, 2.45) is 9.98 Å². The van der Waals surface area contributed by atoms with Gasteiger partial charge in [-0.15, -0.1) is 0 Å². The number of fused-ring (bicyclic) bond motifs is 2. The molecule has 2 amide bonds. The SMILES string of the molecule is CCCC(=O)NC1=NC2C(N=CN2C2OC3OP(=O)(O)OC3C2OC(=O)CCC)C(=O)N1. The van der Waals surface area contributed by atoms with Crippen molar-refractivity contribution in [2.75, 3.05) is 0 Å². The maximum Gasteiger partial charge on any atom is 0.475 e. The molecule has 0 spiro atoms. The second kappa shape index (κ2) is 8.87. The van der Waals surface area contributed by atoms with Crippen molar-refractivity contribution in [3.8, 4) is 0 Å². The summed E-state index contributed by atoms with van der Waals surface area (Å²) in [5.74, 6) is -1.38. The number of hydrogen-bond donors (Lipinski definition) is 3. The Balaban J connectivity index is 1.57. The van der Waals surface area contributed by atoms with E-state index in [2.05, 4.69) is 20.6 Å². The van der Waals surface area contributed by atoms with Gasteiger partial charge in [-0.25, -0.2) is 9.56 Å². The number of ether oxygens (including phenoxy) is 2. The average Bonchev–Trinajstić information content (AvgIpc) is 3.33. The van der Waals surface area contributed by atoms with Gasteiger partial charge in [0.2, 0.25) is 18.2 Å². The summed E-state index contributed by atoms with van der Waals surface area (Å²) in [7, 11) is -4.35. The zero-order valence-corrected chi connectivity index (χ0v) is 18.3. The number of amides is 2. The number of nitrogens with one attached hydrogen (secondary N) is 2. The Kier molecular flexibility index (Phi) is 6.32. The van der Waals surface area contributed by atoms with Crippen LogP contribution in [0.25, 0.3) is 0 Å². The van der Waals surface area contributed by atoms with E-state index in [0.717, 1.165) is 0 Å². The predicted octanol–water partition coefficient (Wildman–Crippen LogP) is -0.663. The number of guanidine groups is 1. The molecule has 0 aromatic carbocycles. The molecule has 176 valence electrons. The number of phosphoric ester groups is 1. The first-order chi connectivity index (χ1) is 15.2. The van der Waals surface area contributed by atoms with Crippen molar-refractivity contribution < 1.29 is 42.4 Å². The molecule has 7 atom stereocenters. The van der Waals surface area contributed by atoms with E-state index in [1.54, 1.807) is 6.92 Å². The van der Waals surface area contributed by atoms with Gasteiger partial charge >= 0.3 is 13.8 Å². The third-order valence-corrected chi connectivity index (χ3v) is 6.09. The molecule has 4 heterocycles. The van der Waals surface area contributed by atoms with Crippen LogP contribution in [0.1, 0.15) is 39.5 Å². The number of rotatable bonds is 6. The molecule has 32 heavy (non-hydrogen) atoms. The summed E-state index contributed by atoms with van der Waals surface area (Å²) in [5.41, 5.74) is 0. The Hall–Kier alpha value is -2.38. The van der Waals surface area contributed by atoms with Gasteiger partial charge in [0.15, 0.2) is 30.6 Å². The lowest BCUT2D eigenvalue weighted by atomic mass is 10.1. The first kappa shape index (κ1) is 22.8. The van der Waals surface area contributed by atoms with E-state index in [-0.39, 0.29) is 24.7 Å². The lowest BCUT2D eigenvalue weighted by Crippen LogP contribution is -2.58. The highest BCUT2D eigenvalue weighted by atomic mass is 31.2. The largest absolute Gasteiger partial charge is 0.475 e. The summed E-state index contributed by atoms with van der Waals surface area (Å²) >= 11 is 0. The van der Waals surface area contributed by atoms with Crippen LogP contribution >= 0.6 is 7.82 Å². The van der Waals surface area contributed by atoms with E-state index >= 15 is 0 Å². The van der Waals surface area contributed by atoms with E-state index < -0.39 is 56.6 Å². The van der Waals surface area contributed by atoms with Crippen LogP contribution in [0.4, 0.5) is 0 Å². The highest BCUT2D eigenvalue weighted by molar-refractivity contribution is 7.47. The Labute approximate surface area is 182 Å². The van der Waals surface area contributed by atoms with Crippen LogP contribution in [0.15, 0.2) is 9.98 Å². The highest BCUT2D eigenvalue weighted by Gasteiger charge is 2.61. The van der Waals surface area contributed by atoms with Crippen LogP contribution in [0.3, 0.4) is 0 Å². The molecule has 0 bridgehead atoms. The van der Waals surface area contributed by atoms with Gasteiger partial charge in [-0.05, 0) is 12.8 Å². The summed E-state index contributed by atoms with van der Waals surface area (Å²) in [5, 5.41) is 5.03. The van der Waals surface area contributed by atoms with Gasteiger partial charge in [0.1, 0.15) is 0 Å². The van der Waals surface area contributed by atoms with Crippen LogP contribution in [-0.2, 0) is 37.5 Å². The minimum absolute atomic E-state index is 0.0321. The van der Waals surface area contributed by atoms with Gasteiger partial charge in [-0.2, -0.15) is 0 Å². The fourth-order valence-electron chi connectivity index (χ4n) is 3.75. The summed E-state index contributed by atoms with van der Waals surface area (Å²) in [6.07, 6.45) is -2.71. The topological polar surface area (TPSA) is 177 Å². The van der Waals surface area contributed by atoms with Crippen molar-refractivity contribution in [3.63, 3.8) is 0 Å². The average molecular weight is 473 g/mol. The maximum absolute atomic E-state index is 12.5. The molecule has 0 radical (unpaired) electrons. The second-order valence-corrected chi connectivity index (χ2v) is 8.94. The van der Waals surface area contributed by atoms with E-state index in [4.69, 9.17) is 18.5 Å². The Morgan fingerprint density at radius 1 is 1.31 bits per heavy atom. The Morgan fingerprint density at radius 2 is 2.06 bits per heavy atom. The molecule has 0 saturated carbocycles. The van der Waals surface area contributed by atoms with Crippen molar-refractivity contribution in [1.82, 2.24) is 15.5 Å². The van der Waals surface area contributed by atoms with Crippen molar-refractivity contribution >= 4 is 37.9 Å². The number of phosphoric acid groups is 1. The van der Waals surface area contributed by atoms with Crippen molar-refractivity contribution in [3.05, 3.63) is 0 Å². The van der Waals surface area contributed by atoms with Crippen LogP contribution in [-0.4, -0.2) is 76.8 Å². The first-order valence-electron chi connectivity index (χ1n) is 10.3. The van der Waals surface area contributed by atoms with Gasteiger partial charge in [0.25, 0.3) is 5.91 Å². The van der Waals surface area contributed by atoms with E-state index in [0.29, 0.717) is 12.8 Å². The number of hydrogen-bond acceptors (Lipinski definition) is 11. The molecule has 15 heteroatoms. The maximum atomic E-state index is 12.5. The zero-order valence-electron chi connectivity index (χ0n) is 17.4. The molecule has 4 rings (SSSR count). The summed E-state index contributed by atoms with van der Waals surface area (Å²) in [4.78, 5) is 56.2. The highest BCUT2D eigenvalue weighted by Crippen LogP contribution is 2.57. The van der Waals surface area contributed by atoms with Gasteiger partial charge in [0, 0.05) is 12.8 Å². The number of esters is 1. The second-order valence-electron chi connectivity index (χ2n) is 7.58. The van der Waals surface area contributed by atoms with Crippen LogP contribution in [0.2, 0.25) is 0 Å². The van der Waals surface area contributed by atoms with Crippen molar-refractivity contribution in [1.29, 1.82) is 0 Å². The Bertz CT molecular complexity index is 911. The normalized spacial score (nSPS) is 37.5. The van der Waals surface area contributed by atoms with Gasteiger partial charge in [-0.1, -0.05) is 13.8 Å². The predicted molar refractivity (Wildman–Crippen MR) is 106 cm³/mol. The standard InChI is InChI=1S/C17H24N5O9P/c1-3-5-8(23)19-17-20-13-10(14(25)21-17)18-7-22(13)15-11(28-9(24)6-4-2)12-16(29-15)31-32(26,27)30-12/h7,10-13,15-16H,3-6H2,1-2H3,(H,26,27)(H2,19,20,21,23,25). The third kappa shape index (κ3) is 4.41. The molecule has 4 aliphatic rings. The molecule has 4 aliphatic heterocycles. The van der Waals surface area contributed by atoms with E-state index in [1.807, 2.05) is 6.92 Å². The fraction of sp³-hybridized carbons (Fsp3) is 0.706. The third-order valence-electron chi connectivity index (χ3n) is 5.11. The number of carbonyl (C=O) groups is 3. The molecule has 7 unspecified atom stereocenters. The van der Waals surface area contributed by atoms with Crippen molar-refractivity contribution in [2.45, 2.75) is 76.5 Å². The number of carbonyl (C=O) groups excluding carboxylic acids is 3. The molecular formula is C17H24N5O9P.